The molecule has 0 radical (unpaired) electrons. The average Bonchev–Trinajstić information content (AvgIpc) is 2.38. The third kappa shape index (κ3) is 2.67. The van der Waals surface area contributed by atoms with Gasteiger partial charge in [-0.3, -0.25) is 13.9 Å². The lowest BCUT2D eigenvalue weighted by Crippen LogP contribution is -2.36. The van der Waals surface area contributed by atoms with Crippen molar-refractivity contribution in [2.45, 2.75) is 0 Å². The van der Waals surface area contributed by atoms with Crippen LogP contribution in [0, 0.1) is 0 Å². The van der Waals surface area contributed by atoms with Gasteiger partial charge in [-0.25, -0.2) is 4.79 Å². The quantitative estimate of drug-likeness (QED) is 0.854. The first-order valence-corrected chi connectivity index (χ1v) is 6.05. The Labute approximate surface area is 118 Å². The van der Waals surface area contributed by atoms with Crippen molar-refractivity contribution in [1.29, 1.82) is 0 Å². The first kappa shape index (κ1) is 13.7. The van der Waals surface area contributed by atoms with E-state index in [-0.39, 0.29) is 5.88 Å². The second-order valence-corrected chi connectivity index (χ2v) is 4.71. The zero-order chi connectivity index (χ0) is 14.2. The van der Waals surface area contributed by atoms with Gasteiger partial charge in [0.1, 0.15) is 5.75 Å². The number of ether oxygens (including phenoxy) is 1. The lowest BCUT2D eigenvalue weighted by atomic mass is 10.3. The second-order valence-electron chi connectivity index (χ2n) is 3.90. The lowest BCUT2D eigenvalue weighted by molar-refractivity contribution is 0.423. The molecule has 0 amide bonds. The van der Waals surface area contributed by atoms with Crippen molar-refractivity contribution in [3.63, 3.8) is 0 Å². The van der Waals surface area contributed by atoms with E-state index < -0.39 is 11.2 Å². The van der Waals surface area contributed by atoms with Gasteiger partial charge in [0.2, 0.25) is 5.88 Å². The molecule has 100 valence electrons. The van der Waals surface area contributed by atoms with E-state index in [9.17, 15) is 9.59 Å². The standard InChI is InChI=1S/C12H10Cl2N2O3/c1-15-10(17)6-11(16(2)12(15)18)19-7-3-4-8(13)9(14)5-7/h3-6H,1-2H3. The SMILES string of the molecule is Cn1c(Oc2ccc(Cl)c(Cl)c2)cc(=O)n(C)c1=O. The highest BCUT2D eigenvalue weighted by Crippen LogP contribution is 2.28. The van der Waals surface area contributed by atoms with Crippen molar-refractivity contribution in [1.82, 2.24) is 9.13 Å². The van der Waals surface area contributed by atoms with Crippen LogP contribution in [-0.2, 0) is 14.1 Å². The van der Waals surface area contributed by atoms with Crippen LogP contribution in [0.1, 0.15) is 0 Å². The van der Waals surface area contributed by atoms with E-state index in [1.807, 2.05) is 0 Å². The van der Waals surface area contributed by atoms with Crippen LogP contribution >= 0.6 is 23.2 Å². The van der Waals surface area contributed by atoms with Gasteiger partial charge in [0, 0.05) is 20.2 Å². The van der Waals surface area contributed by atoms with Crippen molar-refractivity contribution in [2.24, 2.45) is 14.1 Å². The number of halogens is 2. The van der Waals surface area contributed by atoms with Crippen LogP contribution in [0.15, 0.2) is 33.9 Å². The van der Waals surface area contributed by atoms with Crippen molar-refractivity contribution < 1.29 is 4.74 Å². The van der Waals surface area contributed by atoms with Gasteiger partial charge in [-0.2, -0.15) is 0 Å². The van der Waals surface area contributed by atoms with E-state index in [1.54, 1.807) is 12.1 Å². The fraction of sp³-hybridized carbons (Fsp3) is 0.167. The van der Waals surface area contributed by atoms with Crippen LogP contribution in [0.4, 0.5) is 0 Å². The Bertz CT molecular complexity index is 750. The summed E-state index contributed by atoms with van der Waals surface area (Å²) in [5, 5.41) is 0.722. The molecule has 0 fully saturated rings. The summed E-state index contributed by atoms with van der Waals surface area (Å²) in [7, 11) is 2.90. The highest BCUT2D eigenvalue weighted by Gasteiger charge is 2.08. The van der Waals surface area contributed by atoms with Crippen LogP contribution in [-0.4, -0.2) is 9.13 Å². The zero-order valence-corrected chi connectivity index (χ0v) is 11.7. The minimum Gasteiger partial charge on any atom is -0.440 e. The van der Waals surface area contributed by atoms with Gasteiger partial charge in [-0.15, -0.1) is 0 Å². The molecule has 0 N–H and O–H groups in total. The Morgan fingerprint density at radius 3 is 2.32 bits per heavy atom. The Kier molecular flexibility index (Phi) is 3.68. The van der Waals surface area contributed by atoms with E-state index in [4.69, 9.17) is 27.9 Å². The Morgan fingerprint density at radius 2 is 1.68 bits per heavy atom. The average molecular weight is 301 g/mol. The van der Waals surface area contributed by atoms with Gasteiger partial charge >= 0.3 is 5.69 Å². The second kappa shape index (κ2) is 5.11. The van der Waals surface area contributed by atoms with Gasteiger partial charge < -0.3 is 4.74 Å². The highest BCUT2D eigenvalue weighted by molar-refractivity contribution is 6.42. The summed E-state index contributed by atoms with van der Waals surface area (Å²) >= 11 is 11.7. The molecule has 2 aromatic rings. The van der Waals surface area contributed by atoms with Crippen LogP contribution < -0.4 is 16.0 Å². The van der Waals surface area contributed by atoms with E-state index in [0.29, 0.717) is 15.8 Å². The summed E-state index contributed by atoms with van der Waals surface area (Å²) in [4.78, 5) is 23.3. The summed E-state index contributed by atoms with van der Waals surface area (Å²) in [6, 6.07) is 5.89. The molecule has 1 heterocycles. The summed E-state index contributed by atoms with van der Waals surface area (Å²) < 4.78 is 7.68. The largest absolute Gasteiger partial charge is 0.440 e. The molecule has 0 unspecified atom stereocenters. The summed E-state index contributed by atoms with van der Waals surface area (Å²) in [5.74, 6) is 0.518. The first-order valence-electron chi connectivity index (χ1n) is 5.30. The molecule has 7 heteroatoms. The number of aromatic nitrogens is 2. The topological polar surface area (TPSA) is 53.2 Å². The smallest absolute Gasteiger partial charge is 0.333 e. The predicted octanol–water partition coefficient (Wildman–Crippen LogP) is 2.18. The van der Waals surface area contributed by atoms with Gasteiger partial charge in [0.15, 0.2) is 0 Å². The number of rotatable bonds is 2. The molecule has 0 aliphatic heterocycles. The molecular formula is C12H10Cl2N2O3. The van der Waals surface area contributed by atoms with Gasteiger partial charge in [0.05, 0.1) is 16.1 Å². The van der Waals surface area contributed by atoms with Crippen LogP contribution in [0.3, 0.4) is 0 Å². The van der Waals surface area contributed by atoms with Gasteiger partial charge in [-0.05, 0) is 12.1 Å². The molecule has 0 aliphatic rings. The molecule has 0 bridgehead atoms. The highest BCUT2D eigenvalue weighted by atomic mass is 35.5. The normalized spacial score (nSPS) is 10.5. The minimum atomic E-state index is -0.470. The molecular weight excluding hydrogens is 291 g/mol. The van der Waals surface area contributed by atoms with Crippen LogP contribution in [0.5, 0.6) is 11.6 Å². The van der Waals surface area contributed by atoms with E-state index in [2.05, 4.69) is 0 Å². The molecule has 1 aromatic carbocycles. The third-order valence-corrected chi connectivity index (χ3v) is 3.33. The fourth-order valence-electron chi connectivity index (χ4n) is 1.47. The zero-order valence-electron chi connectivity index (χ0n) is 10.2. The van der Waals surface area contributed by atoms with Crippen LogP contribution in [0.2, 0.25) is 10.0 Å². The molecule has 2 rings (SSSR count). The van der Waals surface area contributed by atoms with Crippen molar-refractivity contribution in [3.8, 4) is 11.6 Å². The molecule has 0 spiro atoms. The molecule has 19 heavy (non-hydrogen) atoms. The first-order chi connectivity index (χ1) is 8.90. The van der Waals surface area contributed by atoms with Crippen LogP contribution in [0.25, 0.3) is 0 Å². The third-order valence-electron chi connectivity index (χ3n) is 2.60. The predicted molar refractivity (Wildman–Crippen MR) is 73.5 cm³/mol. The lowest BCUT2D eigenvalue weighted by Gasteiger charge is -2.11. The molecule has 0 saturated heterocycles. The van der Waals surface area contributed by atoms with Gasteiger partial charge in [0.25, 0.3) is 5.56 Å². The molecule has 0 saturated carbocycles. The Balaban J connectivity index is 2.47. The number of hydrogen-bond acceptors (Lipinski definition) is 3. The summed E-state index contributed by atoms with van der Waals surface area (Å²) in [5.41, 5.74) is -0.916. The fourth-order valence-corrected chi connectivity index (χ4v) is 1.76. The van der Waals surface area contributed by atoms with Crippen molar-refractivity contribution in [3.05, 3.63) is 55.1 Å². The van der Waals surface area contributed by atoms with E-state index in [1.165, 1.54) is 30.8 Å². The summed E-state index contributed by atoms with van der Waals surface area (Å²) in [6.07, 6.45) is 0. The Morgan fingerprint density at radius 1 is 1.00 bits per heavy atom. The van der Waals surface area contributed by atoms with Gasteiger partial charge in [-0.1, -0.05) is 23.2 Å². The molecule has 0 atom stereocenters. The maximum absolute atomic E-state index is 11.7. The van der Waals surface area contributed by atoms with Crippen molar-refractivity contribution in [2.75, 3.05) is 0 Å². The number of nitrogens with zero attached hydrogens (tertiary/aromatic N) is 2. The Hall–Kier alpha value is -1.72. The molecule has 1 aromatic heterocycles. The van der Waals surface area contributed by atoms with E-state index >= 15 is 0 Å². The molecule has 0 aliphatic carbocycles. The number of benzene rings is 1. The monoisotopic (exact) mass is 300 g/mol. The minimum absolute atomic E-state index is 0.131. The van der Waals surface area contributed by atoms with Crippen molar-refractivity contribution >= 4 is 23.2 Å². The summed E-state index contributed by atoms with van der Waals surface area (Å²) in [6.45, 7) is 0. The van der Waals surface area contributed by atoms with E-state index in [0.717, 1.165) is 4.57 Å². The number of hydrogen-bond donors (Lipinski definition) is 0. The molecule has 5 nitrogen and oxygen atoms in total. The maximum atomic E-state index is 11.7. The maximum Gasteiger partial charge on any atom is 0.333 e.